The van der Waals surface area contributed by atoms with Crippen molar-refractivity contribution in [3.63, 3.8) is 0 Å². The van der Waals surface area contributed by atoms with Crippen LogP contribution in [-0.2, 0) is 6.42 Å². The number of piperidine rings is 1. The van der Waals surface area contributed by atoms with E-state index in [0.29, 0.717) is 12.4 Å². The molecule has 138 valence electrons. The summed E-state index contributed by atoms with van der Waals surface area (Å²) < 4.78 is 5.62. The monoisotopic (exact) mass is 356 g/mol. The highest BCUT2D eigenvalue weighted by molar-refractivity contribution is 5.49. The van der Waals surface area contributed by atoms with Crippen LogP contribution in [0.25, 0.3) is 0 Å². The van der Waals surface area contributed by atoms with Crippen LogP contribution in [0.4, 0.5) is 5.69 Å². The number of likely N-dealkylation sites (tertiary alicyclic amines) is 1. The number of hydrogen-bond donors (Lipinski definition) is 1. The summed E-state index contributed by atoms with van der Waals surface area (Å²) in [7, 11) is 0. The summed E-state index contributed by atoms with van der Waals surface area (Å²) in [6, 6.07) is 14.7. The molecule has 0 amide bonds. The Labute approximate surface area is 153 Å². The fourth-order valence-corrected chi connectivity index (χ4v) is 3.40. The van der Waals surface area contributed by atoms with Crippen LogP contribution in [0.5, 0.6) is 11.5 Å². The second kappa shape index (κ2) is 8.67. The van der Waals surface area contributed by atoms with E-state index in [1.165, 1.54) is 36.6 Å². The van der Waals surface area contributed by atoms with E-state index in [2.05, 4.69) is 35.2 Å². The molecule has 6 nitrogen and oxygen atoms in total. The van der Waals surface area contributed by atoms with Gasteiger partial charge >= 0.3 is 5.69 Å². The van der Waals surface area contributed by atoms with Crippen LogP contribution in [0, 0.1) is 16.0 Å². The predicted octanol–water partition coefficient (Wildman–Crippen LogP) is 3.63. The van der Waals surface area contributed by atoms with Crippen molar-refractivity contribution in [2.24, 2.45) is 5.92 Å². The van der Waals surface area contributed by atoms with Gasteiger partial charge in [0.15, 0.2) is 5.75 Å². The molecular formula is C20H24N2O4. The predicted molar refractivity (Wildman–Crippen MR) is 99.6 cm³/mol. The Bertz CT molecular complexity index is 728. The lowest BCUT2D eigenvalue weighted by atomic mass is 9.90. The maximum absolute atomic E-state index is 10.7. The third-order valence-electron chi connectivity index (χ3n) is 4.89. The molecule has 1 saturated heterocycles. The number of phenols is 1. The molecule has 1 heterocycles. The molecule has 3 rings (SSSR count). The summed E-state index contributed by atoms with van der Waals surface area (Å²) in [5.74, 6) is 0.822. The quantitative estimate of drug-likeness (QED) is 0.605. The van der Waals surface area contributed by atoms with Crippen LogP contribution >= 0.6 is 0 Å². The molecule has 0 radical (unpaired) electrons. The number of phenolic OH excluding ortho intramolecular Hbond substituents is 1. The Kier molecular flexibility index (Phi) is 6.07. The first-order valence-corrected chi connectivity index (χ1v) is 8.98. The van der Waals surface area contributed by atoms with E-state index < -0.39 is 4.92 Å². The van der Waals surface area contributed by atoms with Crippen molar-refractivity contribution in [3.05, 3.63) is 64.2 Å². The van der Waals surface area contributed by atoms with Crippen LogP contribution in [0.15, 0.2) is 48.5 Å². The van der Waals surface area contributed by atoms with Gasteiger partial charge in [0.25, 0.3) is 0 Å². The molecule has 0 aliphatic carbocycles. The molecule has 2 aromatic rings. The Morgan fingerprint density at radius 1 is 1.15 bits per heavy atom. The van der Waals surface area contributed by atoms with E-state index in [-0.39, 0.29) is 11.4 Å². The third-order valence-corrected chi connectivity index (χ3v) is 4.89. The Morgan fingerprint density at radius 3 is 2.54 bits per heavy atom. The normalized spacial score (nSPS) is 15.7. The first kappa shape index (κ1) is 18.2. The van der Waals surface area contributed by atoms with E-state index in [1.54, 1.807) is 0 Å². The highest BCUT2D eigenvalue weighted by Gasteiger charge is 2.19. The zero-order valence-corrected chi connectivity index (χ0v) is 14.7. The number of nitro benzene ring substituents is 1. The third kappa shape index (κ3) is 4.95. The second-order valence-corrected chi connectivity index (χ2v) is 6.73. The average Bonchev–Trinajstić information content (AvgIpc) is 2.64. The van der Waals surface area contributed by atoms with Gasteiger partial charge in [0.05, 0.1) is 4.92 Å². The number of aromatic hydroxyl groups is 1. The van der Waals surface area contributed by atoms with Gasteiger partial charge in [-0.3, -0.25) is 15.0 Å². The molecule has 1 fully saturated rings. The lowest BCUT2D eigenvalue weighted by Gasteiger charge is -2.31. The van der Waals surface area contributed by atoms with Crippen molar-refractivity contribution in [2.75, 3.05) is 26.2 Å². The topological polar surface area (TPSA) is 75.8 Å². The van der Waals surface area contributed by atoms with E-state index in [4.69, 9.17) is 4.74 Å². The summed E-state index contributed by atoms with van der Waals surface area (Å²) in [5.41, 5.74) is 1.10. The molecule has 0 aromatic heterocycles. The van der Waals surface area contributed by atoms with Crippen LogP contribution in [-0.4, -0.2) is 41.2 Å². The van der Waals surface area contributed by atoms with E-state index in [9.17, 15) is 15.2 Å². The minimum absolute atomic E-state index is 0.308. The maximum Gasteiger partial charge on any atom is 0.310 e. The lowest BCUT2D eigenvalue weighted by molar-refractivity contribution is -0.385. The molecule has 0 spiro atoms. The molecule has 0 saturated carbocycles. The van der Waals surface area contributed by atoms with Gasteiger partial charge in [0, 0.05) is 18.7 Å². The number of ether oxygens (including phenoxy) is 1. The average molecular weight is 356 g/mol. The van der Waals surface area contributed by atoms with Crippen LogP contribution in [0.1, 0.15) is 18.4 Å². The largest absolute Gasteiger partial charge is 0.502 e. The molecule has 0 bridgehead atoms. The van der Waals surface area contributed by atoms with Crippen LogP contribution < -0.4 is 4.74 Å². The Hall–Kier alpha value is -2.60. The summed E-state index contributed by atoms with van der Waals surface area (Å²) in [4.78, 5) is 12.5. The second-order valence-electron chi connectivity index (χ2n) is 6.73. The first-order valence-electron chi connectivity index (χ1n) is 8.98. The summed E-state index contributed by atoms with van der Waals surface area (Å²) in [5, 5.41) is 20.3. The van der Waals surface area contributed by atoms with Gasteiger partial charge in [-0.15, -0.1) is 0 Å². The van der Waals surface area contributed by atoms with Gasteiger partial charge in [-0.25, -0.2) is 0 Å². The molecule has 26 heavy (non-hydrogen) atoms. The number of rotatable bonds is 7. The molecule has 0 unspecified atom stereocenters. The minimum atomic E-state index is -0.612. The van der Waals surface area contributed by atoms with E-state index in [1.807, 2.05) is 0 Å². The van der Waals surface area contributed by atoms with Crippen LogP contribution in [0.3, 0.4) is 0 Å². The van der Waals surface area contributed by atoms with Gasteiger partial charge in [0.1, 0.15) is 12.4 Å². The summed E-state index contributed by atoms with van der Waals surface area (Å²) >= 11 is 0. The molecule has 1 N–H and O–H groups in total. The SMILES string of the molecule is O=[N+]([O-])c1ccc(OCCN2CCC(Cc3ccccc3)CC2)cc1O. The number of nitrogens with zero attached hydrogens (tertiary/aromatic N) is 2. The van der Waals surface area contributed by atoms with Crippen LogP contribution in [0.2, 0.25) is 0 Å². The molecule has 1 aliphatic heterocycles. The molecule has 6 heteroatoms. The van der Waals surface area contributed by atoms with Crippen molar-refractivity contribution in [2.45, 2.75) is 19.3 Å². The minimum Gasteiger partial charge on any atom is -0.502 e. The van der Waals surface area contributed by atoms with Gasteiger partial charge in [-0.05, 0) is 49.9 Å². The molecule has 0 atom stereocenters. The number of nitro groups is 1. The summed E-state index contributed by atoms with van der Waals surface area (Å²) in [6.45, 7) is 3.44. The highest BCUT2D eigenvalue weighted by atomic mass is 16.6. The fraction of sp³-hybridized carbons (Fsp3) is 0.400. The molecular weight excluding hydrogens is 332 g/mol. The summed E-state index contributed by atoms with van der Waals surface area (Å²) in [6.07, 6.45) is 3.52. The van der Waals surface area contributed by atoms with E-state index in [0.717, 1.165) is 32.0 Å². The van der Waals surface area contributed by atoms with Crippen molar-refractivity contribution in [1.82, 2.24) is 4.90 Å². The highest BCUT2D eigenvalue weighted by Crippen LogP contribution is 2.29. The van der Waals surface area contributed by atoms with Crippen molar-refractivity contribution < 1.29 is 14.8 Å². The molecule has 2 aromatic carbocycles. The van der Waals surface area contributed by atoms with Gasteiger partial charge < -0.3 is 9.84 Å². The van der Waals surface area contributed by atoms with Crippen molar-refractivity contribution in [3.8, 4) is 11.5 Å². The van der Waals surface area contributed by atoms with Gasteiger partial charge in [-0.1, -0.05) is 30.3 Å². The Balaban J connectivity index is 1.39. The lowest BCUT2D eigenvalue weighted by Crippen LogP contribution is -2.37. The maximum atomic E-state index is 10.7. The zero-order valence-electron chi connectivity index (χ0n) is 14.7. The van der Waals surface area contributed by atoms with E-state index >= 15 is 0 Å². The van der Waals surface area contributed by atoms with Gasteiger partial charge in [0.2, 0.25) is 0 Å². The Morgan fingerprint density at radius 2 is 1.88 bits per heavy atom. The standard InChI is InChI=1S/C20H24N2O4/c23-20-15-18(6-7-19(20)22(24)25)26-13-12-21-10-8-17(9-11-21)14-16-4-2-1-3-5-16/h1-7,15,17,23H,8-14H2. The van der Waals surface area contributed by atoms with Gasteiger partial charge in [-0.2, -0.15) is 0 Å². The zero-order chi connectivity index (χ0) is 18.4. The molecule has 1 aliphatic rings. The smallest absolute Gasteiger partial charge is 0.310 e. The van der Waals surface area contributed by atoms with Crippen molar-refractivity contribution in [1.29, 1.82) is 0 Å². The fourth-order valence-electron chi connectivity index (χ4n) is 3.40. The first-order chi connectivity index (χ1) is 12.6. The number of benzene rings is 2. The van der Waals surface area contributed by atoms with Crippen molar-refractivity contribution >= 4 is 5.69 Å². The number of hydrogen-bond acceptors (Lipinski definition) is 5.